The molecule has 0 N–H and O–H groups in total. The Labute approximate surface area is 204 Å². The first-order chi connectivity index (χ1) is 16.9. The lowest BCUT2D eigenvalue weighted by atomic mass is 9.98. The van der Waals surface area contributed by atoms with E-state index in [-0.39, 0.29) is 11.5 Å². The lowest BCUT2D eigenvalue weighted by molar-refractivity contribution is -0.288. The molecule has 5 atom stereocenters. The Morgan fingerprint density at radius 3 is 2.08 bits per heavy atom. The maximum absolute atomic E-state index is 12.4. The van der Waals surface area contributed by atoms with E-state index >= 15 is 0 Å². The highest BCUT2D eigenvalue weighted by Crippen LogP contribution is 2.32. The van der Waals surface area contributed by atoms with Gasteiger partial charge in [0.25, 0.3) is 0 Å². The van der Waals surface area contributed by atoms with Gasteiger partial charge < -0.3 is 33.0 Å². The zero-order valence-corrected chi connectivity index (χ0v) is 20.5. The largest absolute Gasteiger partial charge is 0.463 e. The number of aromatic nitrogens is 4. The number of carbonyl (C=O) groups is 4. The number of nitrogens with zero attached hydrogens (tertiary/aromatic N) is 4. The van der Waals surface area contributed by atoms with Crippen LogP contribution in [0.1, 0.15) is 27.7 Å². The molecule has 15 nitrogen and oxygen atoms in total. The van der Waals surface area contributed by atoms with E-state index in [4.69, 9.17) is 28.4 Å². The van der Waals surface area contributed by atoms with E-state index in [9.17, 15) is 24.0 Å². The minimum absolute atomic E-state index is 0.214. The SMILES string of the molecule is CC(=O)OC[C@H]1OC(Oc2nc(=O)n(C)c3ncn(C)c23)[C@H](OC(C)=O)[C@@H](OC(C)=O)[C@@H]1OC(C)=O. The highest BCUT2D eigenvalue weighted by molar-refractivity contribution is 5.76. The van der Waals surface area contributed by atoms with Crippen LogP contribution in [0.3, 0.4) is 0 Å². The van der Waals surface area contributed by atoms with Gasteiger partial charge in [0.1, 0.15) is 18.2 Å². The summed E-state index contributed by atoms with van der Waals surface area (Å²) >= 11 is 0. The number of hydrogen-bond acceptors (Lipinski definition) is 13. The summed E-state index contributed by atoms with van der Waals surface area (Å²) < 4.78 is 35.6. The number of esters is 4. The average molecular weight is 510 g/mol. The lowest BCUT2D eigenvalue weighted by Gasteiger charge is -2.43. The Hall–Kier alpha value is -4.01. The maximum Gasteiger partial charge on any atom is 0.352 e. The van der Waals surface area contributed by atoms with E-state index in [0.29, 0.717) is 5.52 Å². The standard InChI is InChI=1S/C21H26N4O11/c1-9(26)31-7-13-15(32-10(2)27)16(33-11(3)28)17(34-12(4)29)20(35-13)36-19-14-18(22-8-24(14)5)25(6)21(30)23-19/h8,13,15-17,20H,7H2,1-6H3/t13-,15-,16+,17-,20?/m1/s1. The number of rotatable bonds is 7. The zero-order valence-electron chi connectivity index (χ0n) is 20.5. The van der Waals surface area contributed by atoms with Crippen molar-refractivity contribution in [2.45, 2.75) is 58.4 Å². The van der Waals surface area contributed by atoms with Crippen LogP contribution in [0.2, 0.25) is 0 Å². The molecule has 1 aliphatic rings. The summed E-state index contributed by atoms with van der Waals surface area (Å²) in [5.74, 6) is -3.22. The third-order valence-electron chi connectivity index (χ3n) is 5.10. The third kappa shape index (κ3) is 5.79. The molecule has 1 aliphatic heterocycles. The van der Waals surface area contributed by atoms with Crippen LogP contribution in [-0.2, 0) is 57.0 Å². The predicted octanol–water partition coefficient (Wildman–Crippen LogP) is -0.871. The van der Waals surface area contributed by atoms with Gasteiger partial charge in [0.2, 0.25) is 18.3 Å². The Morgan fingerprint density at radius 1 is 0.917 bits per heavy atom. The molecular formula is C21H26N4O11. The van der Waals surface area contributed by atoms with E-state index < -0.39 is 66.9 Å². The average Bonchev–Trinajstić information content (AvgIpc) is 3.15. The predicted molar refractivity (Wildman–Crippen MR) is 116 cm³/mol. The van der Waals surface area contributed by atoms with Gasteiger partial charge in [-0.15, -0.1) is 0 Å². The summed E-state index contributed by atoms with van der Waals surface area (Å²) in [6.45, 7) is 4.04. The fourth-order valence-electron chi connectivity index (χ4n) is 3.69. The summed E-state index contributed by atoms with van der Waals surface area (Å²) in [5.41, 5.74) is -0.134. The van der Waals surface area contributed by atoms with E-state index in [1.807, 2.05) is 0 Å². The summed E-state index contributed by atoms with van der Waals surface area (Å²) in [6, 6.07) is 0. The molecule has 3 rings (SSSR count). The molecule has 0 bridgehead atoms. The van der Waals surface area contributed by atoms with Crippen LogP contribution in [0, 0.1) is 0 Å². The van der Waals surface area contributed by atoms with E-state index in [1.54, 1.807) is 11.6 Å². The van der Waals surface area contributed by atoms with Gasteiger partial charge in [0.15, 0.2) is 17.9 Å². The van der Waals surface area contributed by atoms with Crippen LogP contribution < -0.4 is 10.4 Å². The Morgan fingerprint density at radius 2 is 1.50 bits per heavy atom. The van der Waals surface area contributed by atoms with Crippen molar-refractivity contribution in [3.63, 3.8) is 0 Å². The molecule has 0 radical (unpaired) electrons. The monoisotopic (exact) mass is 510 g/mol. The topological polar surface area (TPSA) is 176 Å². The van der Waals surface area contributed by atoms with Crippen molar-refractivity contribution in [2.75, 3.05) is 6.61 Å². The molecule has 1 saturated heterocycles. The van der Waals surface area contributed by atoms with Crippen LogP contribution in [0.15, 0.2) is 11.1 Å². The van der Waals surface area contributed by atoms with Crippen LogP contribution in [0.5, 0.6) is 5.88 Å². The summed E-state index contributed by atoms with van der Waals surface area (Å²) in [4.78, 5) is 67.7. The van der Waals surface area contributed by atoms with Gasteiger partial charge in [-0.25, -0.2) is 9.78 Å². The Bertz CT molecular complexity index is 1240. The normalized spacial score (nSPS) is 23.6. The van der Waals surface area contributed by atoms with Crippen LogP contribution in [-0.4, -0.2) is 80.3 Å². The molecule has 15 heteroatoms. The molecule has 1 fully saturated rings. The van der Waals surface area contributed by atoms with E-state index in [2.05, 4.69) is 9.97 Å². The number of ether oxygens (including phenoxy) is 6. The second-order valence-electron chi connectivity index (χ2n) is 7.97. The molecule has 0 aromatic carbocycles. The van der Waals surface area contributed by atoms with Gasteiger partial charge in [0.05, 0.1) is 6.33 Å². The summed E-state index contributed by atoms with van der Waals surface area (Å²) in [6.07, 6.45) is -5.56. The maximum atomic E-state index is 12.4. The van der Waals surface area contributed by atoms with Crippen molar-refractivity contribution in [1.29, 1.82) is 0 Å². The van der Waals surface area contributed by atoms with Crippen molar-refractivity contribution in [3.8, 4) is 5.88 Å². The van der Waals surface area contributed by atoms with Crippen molar-refractivity contribution < 1.29 is 47.6 Å². The van der Waals surface area contributed by atoms with Crippen molar-refractivity contribution in [1.82, 2.24) is 19.1 Å². The molecule has 36 heavy (non-hydrogen) atoms. The summed E-state index contributed by atoms with van der Waals surface area (Å²) in [7, 11) is 3.12. The van der Waals surface area contributed by atoms with Crippen molar-refractivity contribution in [3.05, 3.63) is 16.8 Å². The Kier molecular flexibility index (Phi) is 7.92. The molecule has 2 aromatic rings. The molecule has 0 amide bonds. The first kappa shape index (κ1) is 26.6. The highest BCUT2D eigenvalue weighted by atomic mass is 16.7. The van der Waals surface area contributed by atoms with Crippen LogP contribution in [0.25, 0.3) is 11.2 Å². The van der Waals surface area contributed by atoms with Gasteiger partial charge in [-0.3, -0.25) is 23.7 Å². The smallest absolute Gasteiger partial charge is 0.352 e. The number of imidazole rings is 1. The first-order valence-electron chi connectivity index (χ1n) is 10.7. The molecule has 0 spiro atoms. The second-order valence-corrected chi connectivity index (χ2v) is 7.97. The molecule has 196 valence electrons. The molecule has 1 unspecified atom stereocenters. The number of carbonyl (C=O) groups excluding carboxylic acids is 4. The Balaban J connectivity index is 2.10. The van der Waals surface area contributed by atoms with E-state index in [0.717, 1.165) is 27.7 Å². The summed E-state index contributed by atoms with van der Waals surface area (Å²) in [5, 5.41) is 0. The second kappa shape index (κ2) is 10.7. The zero-order chi connectivity index (χ0) is 26.7. The number of fused-ring (bicyclic) bond motifs is 1. The molecule has 0 aliphatic carbocycles. The first-order valence-corrected chi connectivity index (χ1v) is 10.7. The van der Waals surface area contributed by atoms with Gasteiger partial charge in [0, 0.05) is 41.8 Å². The minimum atomic E-state index is -1.54. The molecular weight excluding hydrogens is 484 g/mol. The highest BCUT2D eigenvalue weighted by Gasteiger charge is 2.53. The quantitative estimate of drug-likeness (QED) is 0.332. The van der Waals surface area contributed by atoms with E-state index in [1.165, 1.54) is 17.9 Å². The molecule has 3 heterocycles. The van der Waals surface area contributed by atoms with Gasteiger partial charge >= 0.3 is 29.6 Å². The van der Waals surface area contributed by atoms with Gasteiger partial charge in [-0.1, -0.05) is 0 Å². The van der Waals surface area contributed by atoms with Crippen molar-refractivity contribution >= 4 is 35.0 Å². The van der Waals surface area contributed by atoms with Crippen molar-refractivity contribution in [2.24, 2.45) is 14.1 Å². The van der Waals surface area contributed by atoms with Gasteiger partial charge in [-0.2, -0.15) is 4.98 Å². The number of aryl methyl sites for hydroxylation is 2. The number of hydrogen-bond donors (Lipinski definition) is 0. The van der Waals surface area contributed by atoms with Crippen LogP contribution in [0.4, 0.5) is 0 Å². The fourth-order valence-corrected chi connectivity index (χ4v) is 3.69. The van der Waals surface area contributed by atoms with Crippen LogP contribution >= 0.6 is 0 Å². The molecule has 0 saturated carbocycles. The fraction of sp³-hybridized carbons (Fsp3) is 0.571. The van der Waals surface area contributed by atoms with Gasteiger partial charge in [-0.05, 0) is 0 Å². The minimum Gasteiger partial charge on any atom is -0.463 e. The lowest BCUT2D eigenvalue weighted by Crippen LogP contribution is -2.63. The molecule has 2 aromatic heterocycles. The third-order valence-corrected chi connectivity index (χ3v) is 5.10.